The van der Waals surface area contributed by atoms with Crippen LogP contribution in [0.5, 0.6) is 5.75 Å². The standard InChI is InChI=1S/C24H25NO.C2H4O2/c1-3-26-24-15-13-23(14-16-24)25-18-17-19(2)20-9-11-22(12-10-20)21-7-5-4-6-8-21;1-2(3)4/h4-17,25H,3,18H2,1-2H3;1H3,(H,3,4)/b19-17+;. The van der Waals surface area contributed by atoms with E-state index in [0.29, 0.717) is 6.61 Å². The third-order valence-electron chi connectivity index (χ3n) is 4.33. The Hall–Kier alpha value is -3.53. The van der Waals surface area contributed by atoms with Crippen molar-refractivity contribution >= 4 is 17.2 Å². The van der Waals surface area contributed by atoms with Crippen molar-refractivity contribution < 1.29 is 14.6 Å². The number of hydrogen-bond donors (Lipinski definition) is 2. The molecule has 0 heterocycles. The van der Waals surface area contributed by atoms with Gasteiger partial charge in [0, 0.05) is 19.2 Å². The predicted octanol–water partition coefficient (Wildman–Crippen LogP) is 6.36. The number of anilines is 1. The van der Waals surface area contributed by atoms with E-state index in [0.717, 1.165) is 24.9 Å². The van der Waals surface area contributed by atoms with Gasteiger partial charge in [0.1, 0.15) is 5.75 Å². The minimum absolute atomic E-state index is 0.692. The molecule has 0 aromatic heterocycles. The number of ether oxygens (including phenoxy) is 1. The largest absolute Gasteiger partial charge is 0.494 e. The Morgan fingerprint density at radius 3 is 2.03 bits per heavy atom. The molecule has 0 radical (unpaired) electrons. The van der Waals surface area contributed by atoms with E-state index in [1.165, 1.54) is 22.3 Å². The Bertz CT molecular complexity index is 926. The van der Waals surface area contributed by atoms with E-state index in [1.807, 2.05) is 37.3 Å². The van der Waals surface area contributed by atoms with Gasteiger partial charge in [-0.05, 0) is 60.4 Å². The first kappa shape index (κ1) is 22.8. The third-order valence-corrected chi connectivity index (χ3v) is 4.33. The number of carbonyl (C=O) groups is 1. The Kier molecular flexibility index (Phi) is 9.19. The topological polar surface area (TPSA) is 58.6 Å². The van der Waals surface area contributed by atoms with E-state index in [9.17, 15) is 0 Å². The molecule has 0 saturated carbocycles. The summed E-state index contributed by atoms with van der Waals surface area (Å²) in [6, 6.07) is 27.3. The first-order valence-corrected chi connectivity index (χ1v) is 9.98. The Balaban J connectivity index is 0.000000735. The van der Waals surface area contributed by atoms with Crippen LogP contribution in [0.1, 0.15) is 26.3 Å². The van der Waals surface area contributed by atoms with E-state index in [-0.39, 0.29) is 0 Å². The van der Waals surface area contributed by atoms with Crippen molar-refractivity contribution in [1.29, 1.82) is 0 Å². The maximum atomic E-state index is 9.00. The molecule has 4 heteroatoms. The summed E-state index contributed by atoms with van der Waals surface area (Å²) in [6.45, 7) is 6.71. The van der Waals surface area contributed by atoms with Crippen molar-refractivity contribution in [3.8, 4) is 16.9 Å². The minimum Gasteiger partial charge on any atom is -0.494 e. The van der Waals surface area contributed by atoms with Crippen LogP contribution in [0.3, 0.4) is 0 Å². The maximum Gasteiger partial charge on any atom is 0.300 e. The van der Waals surface area contributed by atoms with Gasteiger partial charge in [-0.15, -0.1) is 0 Å². The number of allylic oxidation sites excluding steroid dienone is 1. The lowest BCUT2D eigenvalue weighted by Gasteiger charge is -2.08. The molecule has 0 aliphatic carbocycles. The molecule has 0 aliphatic rings. The predicted molar refractivity (Wildman–Crippen MR) is 125 cm³/mol. The first-order chi connectivity index (χ1) is 14.5. The molecule has 30 heavy (non-hydrogen) atoms. The van der Waals surface area contributed by atoms with Crippen molar-refractivity contribution in [2.24, 2.45) is 0 Å². The molecule has 0 unspecified atom stereocenters. The van der Waals surface area contributed by atoms with Gasteiger partial charge in [-0.2, -0.15) is 0 Å². The zero-order valence-electron chi connectivity index (χ0n) is 17.8. The SMILES string of the molecule is CC(=O)O.CCOc1ccc(NC/C=C(\C)c2ccc(-c3ccccc3)cc2)cc1. The highest BCUT2D eigenvalue weighted by atomic mass is 16.5. The zero-order chi connectivity index (χ0) is 21.8. The van der Waals surface area contributed by atoms with E-state index >= 15 is 0 Å². The molecule has 3 rings (SSSR count). The molecule has 0 bridgehead atoms. The summed E-state index contributed by atoms with van der Waals surface area (Å²) < 4.78 is 5.46. The third kappa shape index (κ3) is 7.84. The number of benzene rings is 3. The lowest BCUT2D eigenvalue weighted by Crippen LogP contribution is -1.99. The molecule has 0 fully saturated rings. The molecule has 156 valence electrons. The van der Waals surface area contributed by atoms with Gasteiger partial charge in [0.15, 0.2) is 0 Å². The highest BCUT2D eigenvalue weighted by Crippen LogP contribution is 2.22. The van der Waals surface area contributed by atoms with Crippen LogP contribution in [-0.4, -0.2) is 24.2 Å². The number of aliphatic carboxylic acids is 1. The second-order valence-electron chi connectivity index (χ2n) is 6.69. The summed E-state index contributed by atoms with van der Waals surface area (Å²) in [6.07, 6.45) is 2.22. The van der Waals surface area contributed by atoms with Gasteiger partial charge < -0.3 is 15.2 Å². The average molecular weight is 404 g/mol. The molecule has 2 N–H and O–H groups in total. The summed E-state index contributed by atoms with van der Waals surface area (Å²) in [5.41, 5.74) is 6.10. The number of carboxylic acid groups (broad SMARTS) is 1. The molecule has 0 aliphatic heterocycles. The van der Waals surface area contributed by atoms with Crippen LogP contribution in [-0.2, 0) is 4.79 Å². The number of carboxylic acids is 1. The van der Waals surface area contributed by atoms with Crippen molar-refractivity contribution in [2.75, 3.05) is 18.5 Å². The molecule has 3 aromatic carbocycles. The molecule has 0 spiro atoms. The minimum atomic E-state index is -0.833. The fraction of sp³-hybridized carbons (Fsp3) is 0.192. The van der Waals surface area contributed by atoms with Gasteiger partial charge >= 0.3 is 0 Å². The van der Waals surface area contributed by atoms with Crippen LogP contribution >= 0.6 is 0 Å². The Morgan fingerprint density at radius 1 is 0.900 bits per heavy atom. The molecule has 0 saturated heterocycles. The fourth-order valence-electron chi connectivity index (χ4n) is 2.83. The normalized spacial score (nSPS) is 10.6. The average Bonchev–Trinajstić information content (AvgIpc) is 2.75. The quantitative estimate of drug-likeness (QED) is 0.482. The van der Waals surface area contributed by atoms with Crippen molar-refractivity contribution in [3.05, 3.63) is 90.5 Å². The van der Waals surface area contributed by atoms with Crippen LogP contribution in [0.4, 0.5) is 5.69 Å². The van der Waals surface area contributed by atoms with Crippen molar-refractivity contribution in [1.82, 2.24) is 0 Å². The van der Waals surface area contributed by atoms with E-state index < -0.39 is 5.97 Å². The summed E-state index contributed by atoms with van der Waals surface area (Å²) >= 11 is 0. The smallest absolute Gasteiger partial charge is 0.300 e. The summed E-state index contributed by atoms with van der Waals surface area (Å²) in [7, 11) is 0. The van der Waals surface area contributed by atoms with E-state index in [4.69, 9.17) is 14.6 Å². The second kappa shape index (κ2) is 12.1. The molecule has 0 amide bonds. The van der Waals surface area contributed by atoms with E-state index in [2.05, 4.69) is 66.8 Å². The van der Waals surface area contributed by atoms with Gasteiger partial charge in [-0.1, -0.05) is 60.7 Å². The molecule has 0 atom stereocenters. The summed E-state index contributed by atoms with van der Waals surface area (Å²) in [5, 5.41) is 10.8. The fourth-order valence-corrected chi connectivity index (χ4v) is 2.83. The van der Waals surface area contributed by atoms with Crippen LogP contribution < -0.4 is 10.1 Å². The molecule has 4 nitrogen and oxygen atoms in total. The van der Waals surface area contributed by atoms with E-state index in [1.54, 1.807) is 0 Å². The van der Waals surface area contributed by atoms with Crippen molar-refractivity contribution in [2.45, 2.75) is 20.8 Å². The van der Waals surface area contributed by atoms with Gasteiger partial charge in [0.05, 0.1) is 6.61 Å². The molecular weight excluding hydrogens is 374 g/mol. The first-order valence-electron chi connectivity index (χ1n) is 9.98. The second-order valence-corrected chi connectivity index (χ2v) is 6.69. The molecule has 3 aromatic rings. The zero-order valence-corrected chi connectivity index (χ0v) is 17.8. The van der Waals surface area contributed by atoms with Crippen LogP contribution in [0.2, 0.25) is 0 Å². The lowest BCUT2D eigenvalue weighted by molar-refractivity contribution is -0.134. The summed E-state index contributed by atoms with van der Waals surface area (Å²) in [4.78, 5) is 9.00. The number of hydrogen-bond acceptors (Lipinski definition) is 3. The Morgan fingerprint density at radius 2 is 1.47 bits per heavy atom. The molecular formula is C26H29NO3. The monoisotopic (exact) mass is 403 g/mol. The van der Waals surface area contributed by atoms with Gasteiger partial charge in [-0.25, -0.2) is 0 Å². The van der Waals surface area contributed by atoms with Crippen LogP contribution in [0.25, 0.3) is 16.7 Å². The van der Waals surface area contributed by atoms with Crippen LogP contribution in [0.15, 0.2) is 84.9 Å². The maximum absolute atomic E-state index is 9.00. The highest BCUT2D eigenvalue weighted by molar-refractivity contribution is 5.70. The van der Waals surface area contributed by atoms with Gasteiger partial charge in [-0.3, -0.25) is 4.79 Å². The lowest BCUT2D eigenvalue weighted by atomic mass is 10.0. The van der Waals surface area contributed by atoms with Crippen molar-refractivity contribution in [3.63, 3.8) is 0 Å². The van der Waals surface area contributed by atoms with Gasteiger partial charge in [0.25, 0.3) is 5.97 Å². The Labute approximate surface area is 178 Å². The number of nitrogens with one attached hydrogen (secondary N) is 1. The summed E-state index contributed by atoms with van der Waals surface area (Å²) in [5.74, 6) is 0.0725. The van der Waals surface area contributed by atoms with Crippen LogP contribution in [0, 0.1) is 0 Å². The number of rotatable bonds is 7. The van der Waals surface area contributed by atoms with Gasteiger partial charge in [0.2, 0.25) is 0 Å². The highest BCUT2D eigenvalue weighted by Gasteiger charge is 1.99.